The summed E-state index contributed by atoms with van der Waals surface area (Å²) in [5.41, 5.74) is 2.87. The van der Waals surface area contributed by atoms with Crippen molar-refractivity contribution in [2.24, 2.45) is 5.84 Å². The second kappa shape index (κ2) is 5.85. The van der Waals surface area contributed by atoms with E-state index < -0.39 is 15.7 Å². The van der Waals surface area contributed by atoms with E-state index in [2.05, 4.69) is 20.7 Å². The summed E-state index contributed by atoms with van der Waals surface area (Å²) < 4.78 is 22.7. The van der Waals surface area contributed by atoms with Gasteiger partial charge in [0.05, 0.1) is 17.3 Å². The molecule has 1 heterocycles. The van der Waals surface area contributed by atoms with Gasteiger partial charge in [-0.1, -0.05) is 0 Å². The Bertz CT molecular complexity index is 741. The fourth-order valence-electron chi connectivity index (χ4n) is 1.50. The van der Waals surface area contributed by atoms with Gasteiger partial charge in [0, 0.05) is 11.9 Å². The Morgan fingerprint density at radius 3 is 2.29 bits per heavy atom. The number of carbonyl (C=O) groups excluding carboxylic acids is 1. The van der Waals surface area contributed by atoms with Crippen molar-refractivity contribution in [2.45, 2.75) is 4.90 Å². The second-order valence-corrected chi connectivity index (χ2v) is 6.20. The number of nitrogens with zero attached hydrogens (tertiary/aromatic N) is 2. The molecule has 1 amide bonds. The third-order valence-electron chi connectivity index (χ3n) is 2.57. The van der Waals surface area contributed by atoms with Crippen molar-refractivity contribution in [2.75, 3.05) is 17.0 Å². The third kappa shape index (κ3) is 3.74. The first-order chi connectivity index (χ1) is 9.90. The van der Waals surface area contributed by atoms with E-state index in [0.717, 1.165) is 6.26 Å². The Balaban J connectivity index is 2.12. The molecule has 0 saturated carbocycles. The first kappa shape index (κ1) is 14.9. The van der Waals surface area contributed by atoms with Crippen LogP contribution < -0.4 is 16.6 Å². The van der Waals surface area contributed by atoms with Crippen LogP contribution in [0.15, 0.2) is 41.6 Å². The largest absolute Gasteiger partial charge is 0.321 e. The molecule has 21 heavy (non-hydrogen) atoms. The highest BCUT2D eigenvalue weighted by atomic mass is 32.2. The van der Waals surface area contributed by atoms with E-state index >= 15 is 0 Å². The molecule has 110 valence electrons. The van der Waals surface area contributed by atoms with Crippen LogP contribution in [0.2, 0.25) is 0 Å². The number of benzene rings is 1. The summed E-state index contributed by atoms with van der Waals surface area (Å²) in [5.74, 6) is 5.02. The zero-order valence-electron chi connectivity index (χ0n) is 11.1. The predicted molar refractivity (Wildman–Crippen MR) is 77.3 cm³/mol. The highest BCUT2D eigenvalue weighted by molar-refractivity contribution is 7.90. The van der Waals surface area contributed by atoms with E-state index in [9.17, 15) is 13.2 Å². The summed E-state index contributed by atoms with van der Waals surface area (Å²) in [6.45, 7) is 0. The number of anilines is 2. The molecule has 4 N–H and O–H groups in total. The summed E-state index contributed by atoms with van der Waals surface area (Å²) in [6, 6.07) is 5.82. The molecule has 2 aromatic rings. The minimum absolute atomic E-state index is 0.112. The van der Waals surface area contributed by atoms with Gasteiger partial charge in [0.25, 0.3) is 5.91 Å². The van der Waals surface area contributed by atoms with Crippen LogP contribution >= 0.6 is 0 Å². The summed E-state index contributed by atoms with van der Waals surface area (Å²) in [5, 5.41) is 2.59. The van der Waals surface area contributed by atoms with Crippen molar-refractivity contribution in [1.29, 1.82) is 0 Å². The summed E-state index contributed by atoms with van der Waals surface area (Å²) in [6.07, 6.45) is 3.71. The minimum atomic E-state index is -3.26. The minimum Gasteiger partial charge on any atom is -0.321 e. The quantitative estimate of drug-likeness (QED) is 0.551. The average molecular weight is 307 g/mol. The predicted octanol–water partition coefficient (Wildman–Crippen LogP) is 0.418. The molecule has 0 bridgehead atoms. The number of hydrogen-bond acceptors (Lipinski definition) is 7. The van der Waals surface area contributed by atoms with Gasteiger partial charge in [0.1, 0.15) is 5.69 Å². The van der Waals surface area contributed by atoms with Crippen molar-refractivity contribution in [3.05, 3.63) is 42.4 Å². The highest BCUT2D eigenvalue weighted by Crippen LogP contribution is 2.14. The molecular weight excluding hydrogens is 294 g/mol. The number of hydrogen-bond donors (Lipinski definition) is 3. The van der Waals surface area contributed by atoms with E-state index in [1.165, 1.54) is 36.7 Å². The van der Waals surface area contributed by atoms with Crippen molar-refractivity contribution in [3.63, 3.8) is 0 Å². The van der Waals surface area contributed by atoms with Crippen LogP contribution in [-0.4, -0.2) is 30.5 Å². The average Bonchev–Trinajstić information content (AvgIpc) is 2.47. The Morgan fingerprint density at radius 2 is 1.81 bits per heavy atom. The van der Waals surface area contributed by atoms with Crippen molar-refractivity contribution >= 4 is 27.2 Å². The number of nitrogens with one attached hydrogen (secondary N) is 2. The Labute approximate surface area is 121 Å². The van der Waals surface area contributed by atoms with Gasteiger partial charge in [0.2, 0.25) is 0 Å². The lowest BCUT2D eigenvalue weighted by Gasteiger charge is -2.06. The maximum absolute atomic E-state index is 11.9. The Hall–Kier alpha value is -2.52. The molecule has 8 nitrogen and oxygen atoms in total. The van der Waals surface area contributed by atoms with Gasteiger partial charge in [-0.25, -0.2) is 24.2 Å². The topological polar surface area (TPSA) is 127 Å². The fourth-order valence-corrected chi connectivity index (χ4v) is 2.13. The third-order valence-corrected chi connectivity index (χ3v) is 3.70. The van der Waals surface area contributed by atoms with Crippen molar-refractivity contribution in [3.8, 4) is 0 Å². The van der Waals surface area contributed by atoms with Gasteiger partial charge < -0.3 is 10.7 Å². The molecule has 0 aliphatic rings. The van der Waals surface area contributed by atoms with Crippen molar-refractivity contribution < 1.29 is 13.2 Å². The first-order valence-corrected chi connectivity index (χ1v) is 7.69. The maximum atomic E-state index is 11.9. The fraction of sp³-hybridized carbons (Fsp3) is 0.0833. The molecule has 0 unspecified atom stereocenters. The monoisotopic (exact) mass is 307 g/mol. The van der Waals surface area contributed by atoms with Crippen molar-refractivity contribution in [1.82, 2.24) is 9.97 Å². The van der Waals surface area contributed by atoms with E-state index in [-0.39, 0.29) is 10.6 Å². The number of nitrogens with two attached hydrogens (primary N) is 1. The lowest BCUT2D eigenvalue weighted by molar-refractivity contribution is 0.102. The molecule has 0 atom stereocenters. The van der Waals surface area contributed by atoms with Gasteiger partial charge in [0.15, 0.2) is 15.7 Å². The van der Waals surface area contributed by atoms with E-state index in [1.807, 2.05) is 0 Å². The molecule has 1 aromatic carbocycles. The Morgan fingerprint density at radius 1 is 1.14 bits per heavy atom. The molecule has 0 saturated heterocycles. The number of hydrazine groups is 1. The molecule has 2 rings (SSSR count). The number of sulfone groups is 1. The van der Waals surface area contributed by atoms with Gasteiger partial charge in [-0.3, -0.25) is 4.79 Å². The van der Waals surface area contributed by atoms with Crippen LogP contribution in [0.4, 0.5) is 11.5 Å². The van der Waals surface area contributed by atoms with E-state index in [0.29, 0.717) is 11.5 Å². The number of nitrogen functional groups attached to an aromatic ring is 1. The smallest absolute Gasteiger partial charge is 0.275 e. The van der Waals surface area contributed by atoms with E-state index in [4.69, 9.17) is 5.84 Å². The molecule has 1 aromatic heterocycles. The highest BCUT2D eigenvalue weighted by Gasteiger charge is 2.10. The lowest BCUT2D eigenvalue weighted by atomic mass is 10.3. The normalized spacial score (nSPS) is 11.0. The van der Waals surface area contributed by atoms with Gasteiger partial charge in [-0.15, -0.1) is 0 Å². The SMILES string of the molecule is CS(=O)(=O)c1ccc(NC(=O)c2cnc(NN)cn2)cc1. The second-order valence-electron chi connectivity index (χ2n) is 4.18. The standard InChI is InChI=1S/C12H13N5O3S/c1-21(19,20)9-4-2-8(3-5-9)16-12(18)10-6-15-11(17-13)7-14-10/h2-7H,13H2,1H3,(H,15,17)(H,16,18). The van der Waals surface area contributed by atoms with Crippen LogP contribution in [-0.2, 0) is 9.84 Å². The van der Waals surface area contributed by atoms with Gasteiger partial charge >= 0.3 is 0 Å². The molecule has 0 aliphatic carbocycles. The molecule has 0 fully saturated rings. The molecule has 0 spiro atoms. The van der Waals surface area contributed by atoms with Crippen LogP contribution in [0.3, 0.4) is 0 Å². The first-order valence-electron chi connectivity index (χ1n) is 5.80. The molecule has 9 heteroatoms. The summed E-state index contributed by atoms with van der Waals surface area (Å²) in [4.78, 5) is 19.8. The zero-order chi connectivity index (χ0) is 15.5. The van der Waals surface area contributed by atoms with Crippen LogP contribution in [0.5, 0.6) is 0 Å². The molecular formula is C12H13N5O3S. The van der Waals surface area contributed by atoms with E-state index in [1.54, 1.807) is 0 Å². The van der Waals surface area contributed by atoms with Crippen LogP contribution in [0, 0.1) is 0 Å². The van der Waals surface area contributed by atoms with Crippen LogP contribution in [0.1, 0.15) is 10.5 Å². The number of amides is 1. The van der Waals surface area contributed by atoms with Gasteiger partial charge in [-0.05, 0) is 24.3 Å². The summed E-state index contributed by atoms with van der Waals surface area (Å²) >= 11 is 0. The molecule has 0 aliphatic heterocycles. The Kier molecular flexibility index (Phi) is 4.15. The number of rotatable bonds is 4. The van der Waals surface area contributed by atoms with Gasteiger partial charge in [-0.2, -0.15) is 0 Å². The maximum Gasteiger partial charge on any atom is 0.275 e. The van der Waals surface area contributed by atoms with Crippen LogP contribution in [0.25, 0.3) is 0 Å². The summed E-state index contributed by atoms with van der Waals surface area (Å²) in [7, 11) is -3.26. The number of carbonyl (C=O) groups is 1. The lowest BCUT2D eigenvalue weighted by Crippen LogP contribution is -2.15. The number of aromatic nitrogens is 2. The molecule has 0 radical (unpaired) electrons. The zero-order valence-corrected chi connectivity index (χ0v) is 11.9.